The highest BCUT2D eigenvalue weighted by Gasteiger charge is 2.23. The number of amides is 1. The number of fused-ring (bicyclic) bond motifs is 1. The highest BCUT2D eigenvalue weighted by Crippen LogP contribution is 2.26. The molecule has 23 heavy (non-hydrogen) atoms. The molecule has 1 amide bonds. The van der Waals surface area contributed by atoms with Crippen LogP contribution in [0.1, 0.15) is 21.6 Å². The Hall–Kier alpha value is -2.82. The summed E-state index contributed by atoms with van der Waals surface area (Å²) in [6.45, 7) is 1.43. The van der Waals surface area contributed by atoms with E-state index in [2.05, 4.69) is 27.3 Å². The van der Waals surface area contributed by atoms with Crippen molar-refractivity contribution in [1.82, 2.24) is 20.1 Å². The van der Waals surface area contributed by atoms with Crippen LogP contribution in [0.3, 0.4) is 0 Å². The van der Waals surface area contributed by atoms with E-state index in [1.54, 1.807) is 12.4 Å². The summed E-state index contributed by atoms with van der Waals surface area (Å²) in [5.74, 6) is 0.0885. The third-order valence-electron chi connectivity index (χ3n) is 4.40. The van der Waals surface area contributed by atoms with Crippen molar-refractivity contribution in [2.75, 3.05) is 13.1 Å². The number of carbonyl (C=O) groups is 1. The number of hydrogen-bond acceptors (Lipinski definition) is 2. The molecule has 1 aliphatic rings. The van der Waals surface area contributed by atoms with Gasteiger partial charge in [-0.15, -0.1) is 0 Å². The van der Waals surface area contributed by atoms with Crippen molar-refractivity contribution in [2.45, 2.75) is 12.8 Å². The second-order valence-electron chi connectivity index (χ2n) is 5.79. The van der Waals surface area contributed by atoms with E-state index in [9.17, 15) is 4.79 Å². The molecule has 3 heterocycles. The summed E-state index contributed by atoms with van der Waals surface area (Å²) in [5.41, 5.74) is 5.23. The minimum Gasteiger partial charge on any atom is -0.367 e. The van der Waals surface area contributed by atoms with Crippen molar-refractivity contribution in [3.05, 3.63) is 65.6 Å². The topological polar surface area (TPSA) is 64.8 Å². The van der Waals surface area contributed by atoms with Gasteiger partial charge in [-0.05, 0) is 12.5 Å². The molecule has 1 aliphatic heterocycles. The summed E-state index contributed by atoms with van der Waals surface area (Å²) >= 11 is 0. The Balaban J connectivity index is 1.58. The van der Waals surface area contributed by atoms with Crippen molar-refractivity contribution in [1.29, 1.82) is 0 Å². The van der Waals surface area contributed by atoms with E-state index >= 15 is 0 Å². The fraction of sp³-hybridized carbons (Fsp3) is 0.222. The highest BCUT2D eigenvalue weighted by molar-refractivity contribution is 5.94. The molecule has 0 aliphatic carbocycles. The molecule has 2 aromatic heterocycles. The first kappa shape index (κ1) is 13.8. The van der Waals surface area contributed by atoms with Gasteiger partial charge in [0.25, 0.3) is 5.91 Å². The van der Waals surface area contributed by atoms with Gasteiger partial charge in [0.1, 0.15) is 0 Å². The summed E-state index contributed by atoms with van der Waals surface area (Å²) in [7, 11) is 0. The smallest absolute Gasteiger partial charge is 0.255 e. The Morgan fingerprint density at radius 2 is 1.91 bits per heavy atom. The van der Waals surface area contributed by atoms with Gasteiger partial charge in [0.05, 0.1) is 11.3 Å². The molecule has 0 saturated carbocycles. The van der Waals surface area contributed by atoms with E-state index in [1.165, 1.54) is 5.56 Å². The molecule has 0 unspecified atom stereocenters. The fourth-order valence-corrected chi connectivity index (χ4v) is 3.16. The number of aromatic amines is 2. The number of nitrogens with one attached hydrogen (secondary N) is 2. The molecule has 5 heteroatoms. The Morgan fingerprint density at radius 1 is 1.09 bits per heavy atom. The van der Waals surface area contributed by atoms with Crippen molar-refractivity contribution in [2.24, 2.45) is 0 Å². The standard InChI is InChI=1S/C18H18N4O/c23-18(14-6-9-19-12-14)22-10-7-15-16(8-11-22)20-21-17(15)13-4-2-1-3-5-13/h1-6,9,12,19H,7-8,10-11H2,(H,20,21). The molecular formula is C18H18N4O. The predicted octanol–water partition coefficient (Wildman–Crippen LogP) is 2.65. The Labute approximate surface area is 134 Å². The molecule has 0 radical (unpaired) electrons. The zero-order valence-electron chi connectivity index (χ0n) is 12.7. The average molecular weight is 306 g/mol. The SMILES string of the molecule is O=C(c1cc[nH]c1)N1CCc2[nH]nc(-c3ccccc3)c2CC1. The number of benzene rings is 1. The molecule has 5 nitrogen and oxygen atoms in total. The monoisotopic (exact) mass is 306 g/mol. The maximum Gasteiger partial charge on any atom is 0.255 e. The first-order valence-corrected chi connectivity index (χ1v) is 7.86. The Bertz CT molecular complexity index is 805. The van der Waals surface area contributed by atoms with Crippen LogP contribution in [0.15, 0.2) is 48.8 Å². The number of carbonyl (C=O) groups excluding carboxylic acids is 1. The summed E-state index contributed by atoms with van der Waals surface area (Å²) in [6, 6.07) is 12.0. The molecule has 0 bridgehead atoms. The zero-order chi connectivity index (χ0) is 15.6. The second kappa shape index (κ2) is 5.76. The van der Waals surface area contributed by atoms with E-state index < -0.39 is 0 Å². The Morgan fingerprint density at radius 3 is 2.70 bits per heavy atom. The predicted molar refractivity (Wildman–Crippen MR) is 88.1 cm³/mol. The lowest BCUT2D eigenvalue weighted by Gasteiger charge is -2.19. The van der Waals surface area contributed by atoms with Crippen molar-refractivity contribution in [3.8, 4) is 11.3 Å². The van der Waals surface area contributed by atoms with Crippen molar-refractivity contribution in [3.63, 3.8) is 0 Å². The van der Waals surface area contributed by atoms with Gasteiger partial charge in [-0.3, -0.25) is 9.89 Å². The quantitative estimate of drug-likeness (QED) is 0.764. The largest absolute Gasteiger partial charge is 0.367 e. The zero-order valence-corrected chi connectivity index (χ0v) is 12.7. The third kappa shape index (κ3) is 2.54. The molecule has 4 rings (SSSR count). The van der Waals surface area contributed by atoms with Gasteiger partial charge in [0.15, 0.2) is 0 Å². The van der Waals surface area contributed by atoms with E-state index in [1.807, 2.05) is 29.2 Å². The van der Waals surface area contributed by atoms with Crippen molar-refractivity contribution < 1.29 is 4.79 Å². The number of rotatable bonds is 2. The third-order valence-corrected chi connectivity index (χ3v) is 4.40. The second-order valence-corrected chi connectivity index (χ2v) is 5.79. The molecule has 3 aromatic rings. The van der Waals surface area contributed by atoms with Crippen LogP contribution in [0.25, 0.3) is 11.3 Å². The van der Waals surface area contributed by atoms with Crippen LogP contribution in [0.4, 0.5) is 0 Å². The molecular weight excluding hydrogens is 288 g/mol. The number of H-pyrrole nitrogens is 2. The molecule has 0 saturated heterocycles. The number of hydrogen-bond donors (Lipinski definition) is 2. The Kier molecular flexibility index (Phi) is 3.46. The van der Waals surface area contributed by atoms with Crippen LogP contribution in [-0.4, -0.2) is 39.1 Å². The maximum atomic E-state index is 12.5. The normalized spacial score (nSPS) is 14.3. The van der Waals surface area contributed by atoms with Crippen LogP contribution in [0.5, 0.6) is 0 Å². The van der Waals surface area contributed by atoms with E-state index in [0.29, 0.717) is 6.54 Å². The minimum absolute atomic E-state index is 0.0885. The van der Waals surface area contributed by atoms with Gasteiger partial charge in [0.2, 0.25) is 0 Å². The maximum absolute atomic E-state index is 12.5. The summed E-state index contributed by atoms with van der Waals surface area (Å²) in [6.07, 6.45) is 5.17. The van der Waals surface area contributed by atoms with Gasteiger partial charge >= 0.3 is 0 Å². The van der Waals surface area contributed by atoms with Gasteiger partial charge in [-0.2, -0.15) is 5.10 Å². The van der Waals surface area contributed by atoms with Crippen LogP contribution >= 0.6 is 0 Å². The van der Waals surface area contributed by atoms with Gasteiger partial charge in [-0.1, -0.05) is 30.3 Å². The molecule has 2 N–H and O–H groups in total. The molecule has 0 spiro atoms. The van der Waals surface area contributed by atoms with Crippen LogP contribution in [0, 0.1) is 0 Å². The summed E-state index contributed by atoms with van der Waals surface area (Å²) < 4.78 is 0. The first-order chi connectivity index (χ1) is 11.3. The average Bonchev–Trinajstić information content (AvgIpc) is 3.21. The van der Waals surface area contributed by atoms with Gasteiger partial charge in [0, 0.05) is 48.7 Å². The number of nitrogens with zero attached hydrogens (tertiary/aromatic N) is 2. The highest BCUT2D eigenvalue weighted by atomic mass is 16.2. The van der Waals surface area contributed by atoms with Gasteiger partial charge in [-0.25, -0.2) is 0 Å². The van der Waals surface area contributed by atoms with E-state index in [-0.39, 0.29) is 5.91 Å². The molecule has 0 atom stereocenters. The minimum atomic E-state index is 0.0885. The number of aromatic nitrogens is 3. The molecule has 116 valence electrons. The van der Waals surface area contributed by atoms with Crippen LogP contribution in [-0.2, 0) is 12.8 Å². The molecule has 1 aromatic carbocycles. The lowest BCUT2D eigenvalue weighted by atomic mass is 10.0. The van der Waals surface area contributed by atoms with Crippen LogP contribution in [0.2, 0.25) is 0 Å². The van der Waals surface area contributed by atoms with Crippen LogP contribution < -0.4 is 0 Å². The van der Waals surface area contributed by atoms with E-state index in [4.69, 9.17) is 0 Å². The fourth-order valence-electron chi connectivity index (χ4n) is 3.16. The summed E-state index contributed by atoms with van der Waals surface area (Å²) in [4.78, 5) is 17.4. The molecule has 0 fully saturated rings. The van der Waals surface area contributed by atoms with Gasteiger partial charge < -0.3 is 9.88 Å². The van der Waals surface area contributed by atoms with E-state index in [0.717, 1.165) is 41.9 Å². The van der Waals surface area contributed by atoms with Crippen molar-refractivity contribution >= 4 is 5.91 Å². The lowest BCUT2D eigenvalue weighted by molar-refractivity contribution is 0.0763. The lowest BCUT2D eigenvalue weighted by Crippen LogP contribution is -2.33. The summed E-state index contributed by atoms with van der Waals surface area (Å²) in [5, 5.41) is 7.66. The first-order valence-electron chi connectivity index (χ1n) is 7.86.